The van der Waals surface area contributed by atoms with E-state index in [9.17, 15) is 9.59 Å². The van der Waals surface area contributed by atoms with Crippen molar-refractivity contribution in [3.8, 4) is 0 Å². The Bertz CT molecular complexity index is 466. The largest absolute Gasteiger partial charge is 0.462 e. The Morgan fingerprint density at radius 2 is 1.31 bits per heavy atom. The number of carbonyl (C=O) groups excluding carboxylic acids is 2. The molecule has 0 atom stereocenters. The van der Waals surface area contributed by atoms with Crippen LogP contribution in [0.4, 0.5) is 0 Å². The predicted molar refractivity (Wildman–Crippen MR) is 111 cm³/mol. The molecule has 0 fully saturated rings. The summed E-state index contributed by atoms with van der Waals surface area (Å²) in [5, 5.41) is 0. The monoisotopic (exact) mass is 400 g/mol. The minimum absolute atomic E-state index is 0.337. The number of carbonyl (C=O) groups is 2. The molecule has 0 unspecified atom stereocenters. The third-order valence-corrected chi connectivity index (χ3v) is 10.9. The lowest BCUT2D eigenvalue weighted by atomic mass is 10.1. The summed E-state index contributed by atoms with van der Waals surface area (Å²) in [5.41, 5.74) is 1.28. The molecule has 26 heavy (non-hydrogen) atoms. The average molecular weight is 401 g/mol. The van der Waals surface area contributed by atoms with E-state index in [1.165, 1.54) is 0 Å². The molecule has 150 valence electrons. The first-order chi connectivity index (χ1) is 12.0. The summed E-state index contributed by atoms with van der Waals surface area (Å²) < 4.78 is 16.8. The number of rotatable bonds is 13. The summed E-state index contributed by atoms with van der Waals surface area (Å²) in [7, 11) is -2.97. The van der Waals surface area contributed by atoms with E-state index < -0.39 is 17.4 Å². The molecule has 0 aromatic rings. The Balaban J connectivity index is 4.55. The minimum Gasteiger partial charge on any atom is -0.462 e. The average Bonchev–Trinajstić information content (AvgIpc) is 2.50. The van der Waals surface area contributed by atoms with Gasteiger partial charge in [-0.25, -0.2) is 9.59 Å². The van der Waals surface area contributed by atoms with Crippen LogP contribution in [0.3, 0.4) is 0 Å². The fraction of sp³-hybridized carbons (Fsp3) is 0.684. The summed E-state index contributed by atoms with van der Waals surface area (Å²) >= 11 is 0. The quantitative estimate of drug-likeness (QED) is 0.199. The van der Waals surface area contributed by atoms with E-state index in [0.717, 1.165) is 25.7 Å². The second-order valence-corrected chi connectivity index (χ2v) is 14.6. The highest BCUT2D eigenvalue weighted by molar-refractivity contribution is 6.78. The van der Waals surface area contributed by atoms with Crippen LogP contribution < -0.4 is 0 Å². The van der Waals surface area contributed by atoms with Crippen molar-refractivity contribution in [2.24, 2.45) is 0 Å². The summed E-state index contributed by atoms with van der Waals surface area (Å²) in [6.45, 7) is 20.2. The maximum absolute atomic E-state index is 11.5. The molecule has 0 saturated heterocycles. The van der Waals surface area contributed by atoms with E-state index in [-0.39, 0.29) is 11.9 Å². The maximum atomic E-state index is 11.5. The maximum Gasteiger partial charge on any atom is 0.333 e. The topological polar surface area (TPSA) is 61.8 Å². The van der Waals surface area contributed by atoms with Crippen LogP contribution in [0.1, 0.15) is 39.5 Å². The third kappa shape index (κ3) is 10.7. The van der Waals surface area contributed by atoms with Crippen LogP contribution in [0.5, 0.6) is 0 Å². The first kappa shape index (κ1) is 24.8. The van der Waals surface area contributed by atoms with Gasteiger partial charge < -0.3 is 13.6 Å². The Morgan fingerprint density at radius 3 is 1.62 bits per heavy atom. The highest BCUT2D eigenvalue weighted by Crippen LogP contribution is 2.33. The Morgan fingerprint density at radius 1 is 0.923 bits per heavy atom. The second kappa shape index (κ2) is 12.2. The molecule has 0 amide bonds. The smallest absolute Gasteiger partial charge is 0.333 e. The van der Waals surface area contributed by atoms with Crippen LogP contribution in [0.2, 0.25) is 31.7 Å². The van der Waals surface area contributed by atoms with Crippen molar-refractivity contribution < 1.29 is 23.2 Å². The molecule has 0 spiro atoms. The fourth-order valence-corrected chi connectivity index (χ4v) is 10.2. The van der Waals surface area contributed by atoms with E-state index in [2.05, 4.69) is 39.3 Å². The molecule has 0 aromatic carbocycles. The van der Waals surface area contributed by atoms with Gasteiger partial charge in [-0.3, -0.25) is 0 Å². The number of esters is 2. The second-order valence-electron chi connectivity index (χ2n) is 7.58. The van der Waals surface area contributed by atoms with Crippen LogP contribution >= 0.6 is 0 Å². The minimum atomic E-state index is -1.85. The lowest BCUT2D eigenvalue weighted by molar-refractivity contribution is -0.139. The Labute approximate surface area is 161 Å². The number of ether oxygens (including phenoxy) is 2. The molecule has 5 nitrogen and oxygen atoms in total. The lowest BCUT2D eigenvalue weighted by Gasteiger charge is -2.34. The zero-order chi connectivity index (χ0) is 20.3. The standard InChI is InChI=1S/C19H36O5Si2/c1-15(2)18(20)22-13-9-11-17(26(7,8)24-25(5)6)12-10-14-23-19(21)16(3)4/h17,25H,1,3,9-14H2,2,4-8H3. The SMILES string of the molecule is C=C(C)C(=O)OCCCC(CCCOC(=O)C(=C)C)[Si](C)(C)O[SiH](C)C. The van der Waals surface area contributed by atoms with E-state index in [4.69, 9.17) is 13.6 Å². The van der Waals surface area contributed by atoms with Crippen LogP contribution in [0, 0.1) is 0 Å². The van der Waals surface area contributed by atoms with Gasteiger partial charge in [-0.2, -0.15) is 0 Å². The molecule has 0 bridgehead atoms. The molecule has 0 aliphatic heterocycles. The number of hydrogen-bond acceptors (Lipinski definition) is 5. The molecular formula is C19H36O5Si2. The first-order valence-electron chi connectivity index (χ1n) is 9.30. The molecule has 7 heteroatoms. The van der Waals surface area contributed by atoms with Gasteiger partial charge in [0.2, 0.25) is 0 Å². The molecule has 0 aliphatic carbocycles. The normalized spacial score (nSPS) is 11.5. The van der Waals surface area contributed by atoms with Gasteiger partial charge in [0.25, 0.3) is 0 Å². The van der Waals surface area contributed by atoms with Gasteiger partial charge in [0, 0.05) is 11.1 Å². The van der Waals surface area contributed by atoms with E-state index in [0.29, 0.717) is 29.9 Å². The first-order valence-corrected chi connectivity index (χ1v) is 15.1. The van der Waals surface area contributed by atoms with Crippen LogP contribution in [-0.2, 0) is 23.2 Å². The molecule has 0 saturated carbocycles. The highest BCUT2D eigenvalue weighted by atomic mass is 28.4. The summed E-state index contributed by atoms with van der Waals surface area (Å²) in [6.07, 6.45) is 3.49. The highest BCUT2D eigenvalue weighted by Gasteiger charge is 2.33. The molecule has 0 rings (SSSR count). The lowest BCUT2D eigenvalue weighted by Crippen LogP contribution is -2.40. The van der Waals surface area contributed by atoms with E-state index in [1.54, 1.807) is 13.8 Å². The van der Waals surface area contributed by atoms with Crippen LogP contribution in [-0.4, -0.2) is 42.5 Å². The van der Waals surface area contributed by atoms with Gasteiger partial charge in [0.1, 0.15) is 0 Å². The molecule has 0 aromatic heterocycles. The fourth-order valence-electron chi connectivity index (χ4n) is 2.78. The van der Waals surface area contributed by atoms with Crippen molar-refractivity contribution in [1.29, 1.82) is 0 Å². The molecule has 0 heterocycles. The van der Waals surface area contributed by atoms with Crippen molar-refractivity contribution in [1.82, 2.24) is 0 Å². The van der Waals surface area contributed by atoms with Crippen LogP contribution in [0.25, 0.3) is 0 Å². The number of hydrogen-bond donors (Lipinski definition) is 0. The molecule has 0 aliphatic rings. The van der Waals surface area contributed by atoms with Crippen molar-refractivity contribution in [2.75, 3.05) is 13.2 Å². The van der Waals surface area contributed by atoms with Gasteiger partial charge in [0.05, 0.1) is 13.2 Å². The van der Waals surface area contributed by atoms with Crippen molar-refractivity contribution in [3.05, 3.63) is 24.3 Å². The Kier molecular flexibility index (Phi) is 11.7. The van der Waals surface area contributed by atoms with E-state index >= 15 is 0 Å². The third-order valence-electron chi connectivity index (χ3n) is 4.08. The van der Waals surface area contributed by atoms with Crippen LogP contribution in [0.15, 0.2) is 24.3 Å². The summed E-state index contributed by atoms with van der Waals surface area (Å²) in [5.74, 6) is -0.675. The molecule has 0 N–H and O–H groups in total. The summed E-state index contributed by atoms with van der Waals surface area (Å²) in [6, 6.07) is 0. The van der Waals surface area contributed by atoms with Gasteiger partial charge in [-0.1, -0.05) is 13.2 Å². The Hall–Kier alpha value is -1.19. The zero-order valence-electron chi connectivity index (χ0n) is 17.4. The van der Waals surface area contributed by atoms with Crippen molar-refractivity contribution >= 4 is 29.3 Å². The summed E-state index contributed by atoms with van der Waals surface area (Å²) in [4.78, 5) is 22.9. The van der Waals surface area contributed by atoms with E-state index in [1.807, 2.05) is 0 Å². The zero-order valence-corrected chi connectivity index (χ0v) is 19.5. The predicted octanol–water partition coefficient (Wildman–Crippen LogP) is 4.36. The van der Waals surface area contributed by atoms with Crippen molar-refractivity contribution in [2.45, 2.75) is 71.3 Å². The molecule has 0 radical (unpaired) electrons. The van der Waals surface area contributed by atoms with Crippen molar-refractivity contribution in [3.63, 3.8) is 0 Å². The van der Waals surface area contributed by atoms with Gasteiger partial charge in [0.15, 0.2) is 17.4 Å². The van der Waals surface area contributed by atoms with Gasteiger partial charge in [-0.15, -0.1) is 0 Å². The van der Waals surface area contributed by atoms with Gasteiger partial charge in [-0.05, 0) is 71.3 Å². The molecular weight excluding hydrogens is 364 g/mol. The van der Waals surface area contributed by atoms with Gasteiger partial charge >= 0.3 is 11.9 Å².